The van der Waals surface area contributed by atoms with Gasteiger partial charge in [0, 0.05) is 25.4 Å². The molecular weight excluding hydrogens is 168 g/mol. The number of amidine groups is 1. The van der Waals surface area contributed by atoms with E-state index in [0.29, 0.717) is 12.3 Å². The zero-order valence-corrected chi connectivity index (χ0v) is 7.43. The van der Waals surface area contributed by atoms with Gasteiger partial charge >= 0.3 is 0 Å². The molecule has 1 heterocycles. The third-order valence-corrected chi connectivity index (χ3v) is 1.79. The highest BCUT2D eigenvalue weighted by Gasteiger charge is 1.94. The minimum atomic E-state index is 0.297. The third-order valence-electron chi connectivity index (χ3n) is 1.79. The Kier molecular flexibility index (Phi) is 3.81. The first-order valence-corrected chi connectivity index (χ1v) is 4.25. The highest BCUT2D eigenvalue weighted by Crippen LogP contribution is 1.98. The number of unbranched alkanes of at least 4 members (excludes halogenated alkanes) is 1. The number of aromatic nitrogens is 2. The molecule has 1 rings (SSSR count). The molecule has 0 aliphatic heterocycles. The lowest BCUT2D eigenvalue weighted by atomic mass is 10.2. The van der Waals surface area contributed by atoms with Crippen LogP contribution in [0.5, 0.6) is 0 Å². The molecule has 1 aromatic heterocycles. The van der Waals surface area contributed by atoms with Crippen LogP contribution in [0.3, 0.4) is 0 Å². The fourth-order valence-electron chi connectivity index (χ4n) is 1.07. The first kappa shape index (κ1) is 9.57. The van der Waals surface area contributed by atoms with Crippen molar-refractivity contribution in [2.75, 3.05) is 0 Å². The van der Waals surface area contributed by atoms with E-state index in [1.807, 2.05) is 10.8 Å². The van der Waals surface area contributed by atoms with E-state index in [1.165, 1.54) is 0 Å². The molecule has 5 heteroatoms. The Bertz CT molecular complexity index is 255. The molecule has 0 aliphatic rings. The summed E-state index contributed by atoms with van der Waals surface area (Å²) in [6.07, 6.45) is 8.03. The number of nitrogens with zero attached hydrogens (tertiary/aromatic N) is 3. The van der Waals surface area contributed by atoms with Crippen molar-refractivity contribution in [3.8, 4) is 0 Å². The fourth-order valence-corrected chi connectivity index (χ4v) is 1.07. The Morgan fingerprint density at radius 1 is 1.54 bits per heavy atom. The fraction of sp³-hybridized carbons (Fsp3) is 0.500. The van der Waals surface area contributed by atoms with Gasteiger partial charge in [0.25, 0.3) is 0 Å². The lowest BCUT2D eigenvalue weighted by Gasteiger charge is -2.00. The van der Waals surface area contributed by atoms with Crippen LogP contribution < -0.4 is 5.73 Å². The Balaban J connectivity index is 2.08. The van der Waals surface area contributed by atoms with Gasteiger partial charge in [0.1, 0.15) is 5.84 Å². The molecule has 0 saturated heterocycles. The number of nitrogens with two attached hydrogens (primary N) is 1. The topological polar surface area (TPSA) is 76.4 Å². The first-order chi connectivity index (χ1) is 6.33. The van der Waals surface area contributed by atoms with Crippen LogP contribution >= 0.6 is 0 Å². The van der Waals surface area contributed by atoms with E-state index in [9.17, 15) is 0 Å². The van der Waals surface area contributed by atoms with E-state index in [1.54, 1.807) is 12.5 Å². The molecule has 5 nitrogen and oxygen atoms in total. The first-order valence-electron chi connectivity index (χ1n) is 4.25. The molecule has 0 bridgehead atoms. The summed E-state index contributed by atoms with van der Waals surface area (Å²) in [7, 11) is 0. The zero-order chi connectivity index (χ0) is 9.52. The zero-order valence-electron chi connectivity index (χ0n) is 7.43. The van der Waals surface area contributed by atoms with E-state index >= 15 is 0 Å². The van der Waals surface area contributed by atoms with Crippen LogP contribution in [-0.2, 0) is 6.54 Å². The largest absolute Gasteiger partial charge is 0.409 e. The molecule has 0 spiro atoms. The lowest BCUT2D eigenvalue weighted by Crippen LogP contribution is -2.11. The van der Waals surface area contributed by atoms with Gasteiger partial charge in [-0.15, -0.1) is 0 Å². The van der Waals surface area contributed by atoms with Crippen molar-refractivity contribution in [2.45, 2.75) is 25.8 Å². The molecule has 0 radical (unpaired) electrons. The number of aryl methyl sites for hydroxylation is 1. The number of oxime groups is 1. The molecule has 0 fully saturated rings. The van der Waals surface area contributed by atoms with Crippen molar-refractivity contribution >= 4 is 5.84 Å². The molecular formula is C8H14N4O. The second-order valence-corrected chi connectivity index (χ2v) is 2.85. The van der Waals surface area contributed by atoms with Crippen molar-refractivity contribution in [3.05, 3.63) is 18.7 Å². The van der Waals surface area contributed by atoms with Gasteiger partial charge < -0.3 is 15.5 Å². The number of hydrogen-bond acceptors (Lipinski definition) is 3. The van der Waals surface area contributed by atoms with Gasteiger partial charge in [0.15, 0.2) is 0 Å². The molecule has 0 aromatic carbocycles. The van der Waals surface area contributed by atoms with Crippen molar-refractivity contribution < 1.29 is 5.21 Å². The Morgan fingerprint density at radius 2 is 2.38 bits per heavy atom. The van der Waals surface area contributed by atoms with E-state index in [2.05, 4.69) is 10.1 Å². The second-order valence-electron chi connectivity index (χ2n) is 2.85. The SMILES string of the molecule is N/C(CCCCn1ccnc1)=N/O. The molecule has 0 atom stereocenters. The van der Waals surface area contributed by atoms with E-state index in [0.717, 1.165) is 19.4 Å². The van der Waals surface area contributed by atoms with Crippen LogP contribution in [0.15, 0.2) is 23.9 Å². The van der Waals surface area contributed by atoms with Gasteiger partial charge in [0.05, 0.1) is 6.33 Å². The molecule has 3 N–H and O–H groups in total. The van der Waals surface area contributed by atoms with Gasteiger partial charge in [-0.25, -0.2) is 4.98 Å². The maximum absolute atomic E-state index is 8.27. The summed E-state index contributed by atoms with van der Waals surface area (Å²) in [5.74, 6) is 0.297. The number of imidazole rings is 1. The summed E-state index contributed by atoms with van der Waals surface area (Å²) in [4.78, 5) is 3.93. The van der Waals surface area contributed by atoms with Crippen molar-refractivity contribution in [3.63, 3.8) is 0 Å². The van der Waals surface area contributed by atoms with Gasteiger partial charge in [-0.05, 0) is 12.8 Å². The van der Waals surface area contributed by atoms with Gasteiger partial charge in [-0.2, -0.15) is 0 Å². The molecule has 0 saturated carbocycles. The van der Waals surface area contributed by atoms with Crippen LogP contribution in [0, 0.1) is 0 Å². The Hall–Kier alpha value is -1.52. The summed E-state index contributed by atoms with van der Waals surface area (Å²) in [6, 6.07) is 0. The lowest BCUT2D eigenvalue weighted by molar-refractivity contribution is 0.316. The van der Waals surface area contributed by atoms with Crippen LogP contribution in [0.1, 0.15) is 19.3 Å². The predicted molar refractivity (Wildman–Crippen MR) is 49.5 cm³/mol. The maximum Gasteiger partial charge on any atom is 0.139 e. The summed E-state index contributed by atoms with van der Waals surface area (Å²) in [5, 5.41) is 11.2. The molecule has 13 heavy (non-hydrogen) atoms. The predicted octanol–water partition coefficient (Wildman–Crippen LogP) is 0.800. The highest BCUT2D eigenvalue weighted by molar-refractivity contribution is 5.79. The van der Waals surface area contributed by atoms with Crippen LogP contribution in [0.2, 0.25) is 0 Å². The summed E-state index contributed by atoms with van der Waals surface area (Å²) < 4.78 is 2.01. The Morgan fingerprint density at radius 3 is 3.00 bits per heavy atom. The molecule has 0 aliphatic carbocycles. The molecule has 72 valence electrons. The monoisotopic (exact) mass is 182 g/mol. The minimum absolute atomic E-state index is 0.297. The highest BCUT2D eigenvalue weighted by atomic mass is 16.4. The van der Waals surface area contributed by atoms with Gasteiger partial charge in [-0.3, -0.25) is 0 Å². The number of rotatable bonds is 5. The van der Waals surface area contributed by atoms with E-state index in [4.69, 9.17) is 10.9 Å². The quantitative estimate of drug-likeness (QED) is 0.232. The molecule has 0 amide bonds. The summed E-state index contributed by atoms with van der Waals surface area (Å²) >= 11 is 0. The standard InChI is InChI=1S/C8H14N4O/c9-8(11-13)3-1-2-5-12-6-4-10-7-12/h4,6-7,13H,1-3,5H2,(H2,9,11). The van der Waals surface area contributed by atoms with Gasteiger partial charge in [-0.1, -0.05) is 5.16 Å². The number of hydrogen-bond donors (Lipinski definition) is 2. The van der Waals surface area contributed by atoms with Crippen molar-refractivity contribution in [1.82, 2.24) is 9.55 Å². The summed E-state index contributed by atoms with van der Waals surface area (Å²) in [6.45, 7) is 0.929. The van der Waals surface area contributed by atoms with Gasteiger partial charge in [0.2, 0.25) is 0 Å². The van der Waals surface area contributed by atoms with Crippen LogP contribution in [0.4, 0.5) is 0 Å². The third kappa shape index (κ3) is 3.59. The van der Waals surface area contributed by atoms with Crippen LogP contribution in [-0.4, -0.2) is 20.6 Å². The smallest absolute Gasteiger partial charge is 0.139 e. The average Bonchev–Trinajstić information content (AvgIpc) is 2.64. The van der Waals surface area contributed by atoms with Crippen molar-refractivity contribution in [2.24, 2.45) is 10.9 Å². The normalized spacial score (nSPS) is 11.8. The van der Waals surface area contributed by atoms with E-state index in [-0.39, 0.29) is 0 Å². The van der Waals surface area contributed by atoms with Crippen LogP contribution in [0.25, 0.3) is 0 Å². The molecule has 1 aromatic rings. The average molecular weight is 182 g/mol. The molecule has 0 unspecified atom stereocenters. The summed E-state index contributed by atoms with van der Waals surface area (Å²) in [5.41, 5.74) is 5.31. The Labute approximate surface area is 76.9 Å². The van der Waals surface area contributed by atoms with E-state index < -0.39 is 0 Å². The second kappa shape index (κ2) is 5.18. The maximum atomic E-state index is 8.27. The minimum Gasteiger partial charge on any atom is -0.409 e. The van der Waals surface area contributed by atoms with Crippen molar-refractivity contribution in [1.29, 1.82) is 0 Å².